The first-order chi connectivity index (χ1) is 15.1. The first-order valence-electron chi connectivity index (χ1n) is 12.1. The van der Waals surface area contributed by atoms with Crippen LogP contribution in [0.2, 0.25) is 0 Å². The fourth-order valence-electron chi connectivity index (χ4n) is 4.82. The maximum atomic E-state index is 11.2. The summed E-state index contributed by atoms with van der Waals surface area (Å²) in [5, 5.41) is 11.2. The molecular weight excluding hydrogens is 392 g/mol. The summed E-state index contributed by atoms with van der Waals surface area (Å²) in [5.41, 5.74) is 8.12. The van der Waals surface area contributed by atoms with Crippen molar-refractivity contribution in [1.29, 1.82) is 0 Å². The minimum atomic E-state index is 0.312. The summed E-state index contributed by atoms with van der Waals surface area (Å²) in [4.78, 5) is 0. The third kappa shape index (κ3) is 4.92. The van der Waals surface area contributed by atoms with E-state index in [-0.39, 0.29) is 0 Å². The molecule has 0 aliphatic carbocycles. The van der Waals surface area contributed by atoms with E-state index < -0.39 is 0 Å². The molecular formula is C29H41N2O+. The van der Waals surface area contributed by atoms with Crippen molar-refractivity contribution < 1.29 is 9.67 Å². The van der Waals surface area contributed by atoms with Crippen LogP contribution >= 0.6 is 0 Å². The van der Waals surface area contributed by atoms with Gasteiger partial charge in [0.1, 0.15) is 25.5 Å². The lowest BCUT2D eigenvalue weighted by atomic mass is 9.88. The van der Waals surface area contributed by atoms with Crippen LogP contribution in [0, 0.1) is 0 Å². The first-order valence-corrected chi connectivity index (χ1v) is 12.1. The van der Waals surface area contributed by atoms with Gasteiger partial charge in [-0.1, -0.05) is 91.8 Å². The molecule has 32 heavy (non-hydrogen) atoms. The monoisotopic (exact) mass is 433 g/mol. The summed E-state index contributed by atoms with van der Waals surface area (Å²) >= 11 is 0. The number of aromatic nitrogens is 2. The van der Waals surface area contributed by atoms with Crippen molar-refractivity contribution in [3.63, 3.8) is 0 Å². The molecule has 2 aromatic carbocycles. The molecule has 0 aliphatic heterocycles. The summed E-state index contributed by atoms with van der Waals surface area (Å²) in [6.45, 7) is 19.3. The predicted molar refractivity (Wildman–Crippen MR) is 134 cm³/mol. The second-order valence-corrected chi connectivity index (χ2v) is 10.3. The highest BCUT2D eigenvalue weighted by Crippen LogP contribution is 2.30. The van der Waals surface area contributed by atoms with Gasteiger partial charge in [0.15, 0.2) is 0 Å². The van der Waals surface area contributed by atoms with Gasteiger partial charge in [-0.3, -0.25) is 0 Å². The van der Waals surface area contributed by atoms with E-state index >= 15 is 0 Å². The average molecular weight is 434 g/mol. The van der Waals surface area contributed by atoms with E-state index in [1.54, 1.807) is 0 Å². The number of imidazole rings is 1. The van der Waals surface area contributed by atoms with Crippen LogP contribution in [-0.2, 0) is 13.1 Å². The first kappa shape index (κ1) is 24.1. The molecule has 1 heterocycles. The van der Waals surface area contributed by atoms with Gasteiger partial charge in [0.25, 0.3) is 0 Å². The lowest BCUT2D eigenvalue weighted by Gasteiger charge is -2.19. The highest BCUT2D eigenvalue weighted by molar-refractivity contribution is 5.40. The van der Waals surface area contributed by atoms with Crippen LogP contribution in [0.3, 0.4) is 0 Å². The molecule has 3 heteroatoms. The van der Waals surface area contributed by atoms with Gasteiger partial charge in [-0.25, -0.2) is 0 Å². The molecule has 3 aromatic rings. The molecule has 0 atom stereocenters. The number of benzene rings is 2. The van der Waals surface area contributed by atoms with Crippen LogP contribution in [0.15, 0.2) is 48.8 Å². The average Bonchev–Trinajstić information content (AvgIpc) is 3.07. The van der Waals surface area contributed by atoms with Gasteiger partial charge in [0.05, 0.1) is 0 Å². The van der Waals surface area contributed by atoms with Crippen LogP contribution in [0.1, 0.15) is 112 Å². The van der Waals surface area contributed by atoms with Gasteiger partial charge >= 0.3 is 6.01 Å². The van der Waals surface area contributed by atoms with Gasteiger partial charge in [-0.05, 0) is 45.9 Å². The van der Waals surface area contributed by atoms with Crippen LogP contribution in [0.5, 0.6) is 6.01 Å². The van der Waals surface area contributed by atoms with Crippen molar-refractivity contribution in [2.75, 3.05) is 0 Å². The third-order valence-electron chi connectivity index (χ3n) is 6.58. The van der Waals surface area contributed by atoms with Gasteiger partial charge in [0.2, 0.25) is 0 Å². The molecule has 0 saturated carbocycles. The van der Waals surface area contributed by atoms with Crippen molar-refractivity contribution in [2.24, 2.45) is 0 Å². The number of rotatable bonds is 8. The number of hydrogen-bond donors (Lipinski definition) is 1. The normalized spacial score (nSPS) is 12.0. The maximum absolute atomic E-state index is 11.2. The maximum Gasteiger partial charge on any atom is 0.454 e. The largest absolute Gasteiger partial charge is 0.454 e. The molecule has 0 bridgehead atoms. The van der Waals surface area contributed by atoms with Gasteiger partial charge in [-0.2, -0.15) is 9.13 Å². The zero-order valence-corrected chi connectivity index (χ0v) is 21.2. The molecule has 172 valence electrons. The topological polar surface area (TPSA) is 29.0 Å². The zero-order chi connectivity index (χ0) is 23.6. The fraction of sp³-hybridized carbons (Fsp3) is 0.483. The SMILES string of the molecule is CC(C)c1cccc(C(C)C)c1Cn1cc[n+](Cc2c(C(C)C)cccc2C(C)C)c1O. The minimum Gasteiger partial charge on any atom is -0.446 e. The minimum absolute atomic E-state index is 0.312. The Morgan fingerprint density at radius 3 is 1.50 bits per heavy atom. The summed E-state index contributed by atoms with van der Waals surface area (Å²) in [6.07, 6.45) is 4.03. The fourth-order valence-corrected chi connectivity index (χ4v) is 4.82. The van der Waals surface area contributed by atoms with Crippen LogP contribution in [0.25, 0.3) is 0 Å². The highest BCUT2D eigenvalue weighted by atomic mass is 16.3. The Labute approximate surface area is 194 Å². The Morgan fingerprint density at radius 1 is 0.688 bits per heavy atom. The lowest BCUT2D eigenvalue weighted by molar-refractivity contribution is -0.693. The van der Waals surface area contributed by atoms with Gasteiger partial charge < -0.3 is 5.11 Å². The van der Waals surface area contributed by atoms with E-state index in [4.69, 9.17) is 0 Å². The van der Waals surface area contributed by atoms with Gasteiger partial charge in [0, 0.05) is 11.1 Å². The quantitative estimate of drug-likeness (QED) is 0.378. The Bertz CT molecular complexity index is 922. The summed E-state index contributed by atoms with van der Waals surface area (Å²) in [7, 11) is 0. The van der Waals surface area contributed by atoms with Crippen molar-refractivity contribution >= 4 is 0 Å². The number of hydrogen-bond acceptors (Lipinski definition) is 1. The Hall–Kier alpha value is -2.55. The standard InChI is InChI=1S/C29H40N2O/c1-19(2)23-11-9-12-24(20(3)4)27(23)17-30-15-16-31(29(30)32)18-28-25(21(5)6)13-10-14-26(28)22(7)8/h9-16,19-22H,17-18H2,1-8H3/p+1. The molecule has 0 spiro atoms. The Morgan fingerprint density at radius 2 is 1.09 bits per heavy atom. The molecule has 3 rings (SSSR count). The lowest BCUT2D eigenvalue weighted by Crippen LogP contribution is -2.34. The predicted octanol–water partition coefficient (Wildman–Crippen LogP) is 7.07. The Balaban J connectivity index is 2.01. The molecule has 0 radical (unpaired) electrons. The molecule has 1 N–H and O–H groups in total. The van der Waals surface area contributed by atoms with E-state index in [2.05, 4.69) is 91.8 Å². The molecule has 1 aromatic heterocycles. The molecule has 0 fully saturated rings. The van der Waals surface area contributed by atoms with Crippen molar-refractivity contribution in [1.82, 2.24) is 4.57 Å². The highest BCUT2D eigenvalue weighted by Gasteiger charge is 2.23. The summed E-state index contributed by atoms with van der Waals surface area (Å²) < 4.78 is 3.97. The van der Waals surface area contributed by atoms with Crippen LogP contribution in [0.4, 0.5) is 0 Å². The Kier molecular flexibility index (Phi) is 7.48. The van der Waals surface area contributed by atoms with E-state index in [0.29, 0.717) is 42.8 Å². The molecule has 0 unspecified atom stereocenters. The second kappa shape index (κ2) is 9.94. The third-order valence-corrected chi connectivity index (χ3v) is 6.58. The van der Waals surface area contributed by atoms with E-state index in [9.17, 15) is 5.11 Å². The van der Waals surface area contributed by atoms with Crippen molar-refractivity contribution in [3.05, 3.63) is 82.2 Å². The van der Waals surface area contributed by atoms with Crippen LogP contribution < -0.4 is 4.57 Å². The molecule has 3 nitrogen and oxygen atoms in total. The van der Waals surface area contributed by atoms with Crippen molar-refractivity contribution in [2.45, 2.75) is 92.2 Å². The molecule has 0 aliphatic rings. The smallest absolute Gasteiger partial charge is 0.446 e. The van der Waals surface area contributed by atoms with E-state index in [0.717, 1.165) is 0 Å². The molecule has 0 saturated heterocycles. The zero-order valence-electron chi connectivity index (χ0n) is 21.2. The summed E-state index contributed by atoms with van der Waals surface area (Å²) in [6, 6.07) is 13.6. The number of nitrogens with zero attached hydrogens (tertiary/aromatic N) is 2. The number of aromatic hydroxyl groups is 1. The molecule has 0 amide bonds. The second-order valence-electron chi connectivity index (χ2n) is 10.3. The summed E-state index contributed by atoms with van der Waals surface area (Å²) in [5.74, 6) is 1.78. The van der Waals surface area contributed by atoms with Gasteiger partial charge in [-0.15, -0.1) is 0 Å². The van der Waals surface area contributed by atoms with E-state index in [1.165, 1.54) is 33.4 Å². The van der Waals surface area contributed by atoms with Crippen molar-refractivity contribution in [3.8, 4) is 6.01 Å². The van der Waals surface area contributed by atoms with Crippen LogP contribution in [-0.4, -0.2) is 9.67 Å². The van der Waals surface area contributed by atoms with E-state index in [1.807, 2.05) is 21.5 Å².